The van der Waals surface area contributed by atoms with Gasteiger partial charge in [0.1, 0.15) is 0 Å². The van der Waals surface area contributed by atoms with E-state index >= 15 is 0 Å². The molecule has 0 fully saturated rings. The van der Waals surface area contributed by atoms with E-state index < -0.39 is 5.97 Å². The molecule has 17 heavy (non-hydrogen) atoms. The first-order chi connectivity index (χ1) is 8.13. The standard InChI is InChI=1S/C12H12N2O3/c1-7-5-4-6-9(8(7)2)10-13-11(17-14-10)12(15)16-3/h4-6H,1-3H3. The molecule has 0 atom stereocenters. The van der Waals surface area contributed by atoms with Crippen molar-refractivity contribution in [2.75, 3.05) is 7.11 Å². The summed E-state index contributed by atoms with van der Waals surface area (Å²) < 4.78 is 9.34. The van der Waals surface area contributed by atoms with E-state index in [4.69, 9.17) is 4.52 Å². The van der Waals surface area contributed by atoms with Crippen molar-refractivity contribution in [2.45, 2.75) is 13.8 Å². The first-order valence-electron chi connectivity index (χ1n) is 5.12. The Bertz CT molecular complexity index is 561. The predicted octanol–water partition coefficient (Wildman–Crippen LogP) is 2.14. The van der Waals surface area contributed by atoms with Crippen LogP contribution in [0.4, 0.5) is 0 Å². The van der Waals surface area contributed by atoms with Gasteiger partial charge < -0.3 is 9.26 Å². The van der Waals surface area contributed by atoms with E-state index in [-0.39, 0.29) is 5.89 Å². The minimum Gasteiger partial charge on any atom is -0.462 e. The molecule has 0 amide bonds. The second kappa shape index (κ2) is 4.37. The monoisotopic (exact) mass is 232 g/mol. The van der Waals surface area contributed by atoms with Gasteiger partial charge in [-0.1, -0.05) is 23.4 Å². The zero-order chi connectivity index (χ0) is 12.4. The maximum Gasteiger partial charge on any atom is 0.397 e. The Morgan fingerprint density at radius 3 is 2.82 bits per heavy atom. The van der Waals surface area contributed by atoms with Crippen molar-refractivity contribution in [1.82, 2.24) is 10.1 Å². The number of benzene rings is 1. The Hall–Kier alpha value is -2.17. The molecule has 5 heteroatoms. The fraction of sp³-hybridized carbons (Fsp3) is 0.250. The minimum absolute atomic E-state index is 0.136. The first-order valence-corrected chi connectivity index (χ1v) is 5.12. The van der Waals surface area contributed by atoms with E-state index in [1.807, 2.05) is 32.0 Å². The van der Waals surface area contributed by atoms with Crippen LogP contribution in [0.1, 0.15) is 21.8 Å². The number of nitrogens with zero attached hydrogens (tertiary/aromatic N) is 2. The van der Waals surface area contributed by atoms with Crippen LogP contribution in [-0.2, 0) is 4.74 Å². The van der Waals surface area contributed by atoms with Gasteiger partial charge in [0.25, 0.3) is 0 Å². The Morgan fingerprint density at radius 1 is 1.35 bits per heavy atom. The van der Waals surface area contributed by atoms with Crippen molar-refractivity contribution in [3.05, 3.63) is 35.2 Å². The number of hydrogen-bond donors (Lipinski definition) is 0. The number of ether oxygens (including phenoxy) is 1. The third kappa shape index (κ3) is 2.04. The van der Waals surface area contributed by atoms with E-state index in [1.165, 1.54) is 7.11 Å². The number of aromatic nitrogens is 2. The molecule has 0 saturated heterocycles. The lowest BCUT2D eigenvalue weighted by molar-refractivity contribution is 0.0545. The second-order valence-corrected chi connectivity index (χ2v) is 3.66. The molecule has 0 aliphatic rings. The number of methoxy groups -OCH3 is 1. The van der Waals surface area contributed by atoms with E-state index in [0.29, 0.717) is 5.82 Å². The van der Waals surface area contributed by atoms with Gasteiger partial charge in [0.15, 0.2) is 0 Å². The summed E-state index contributed by atoms with van der Waals surface area (Å²) >= 11 is 0. The molecule has 0 unspecified atom stereocenters. The van der Waals surface area contributed by atoms with Gasteiger partial charge in [-0.25, -0.2) is 4.79 Å². The molecular formula is C12H12N2O3. The largest absolute Gasteiger partial charge is 0.462 e. The van der Waals surface area contributed by atoms with E-state index in [2.05, 4.69) is 14.9 Å². The smallest absolute Gasteiger partial charge is 0.397 e. The Labute approximate surface area is 98.4 Å². The van der Waals surface area contributed by atoms with Crippen LogP contribution in [0.5, 0.6) is 0 Å². The van der Waals surface area contributed by atoms with Crippen molar-refractivity contribution in [3.8, 4) is 11.4 Å². The van der Waals surface area contributed by atoms with Gasteiger partial charge in [-0.2, -0.15) is 4.98 Å². The van der Waals surface area contributed by atoms with Crippen LogP contribution in [0.3, 0.4) is 0 Å². The van der Waals surface area contributed by atoms with Crippen LogP contribution in [0, 0.1) is 13.8 Å². The third-order valence-electron chi connectivity index (χ3n) is 2.63. The van der Waals surface area contributed by atoms with Gasteiger partial charge in [-0.05, 0) is 25.0 Å². The maximum atomic E-state index is 11.2. The topological polar surface area (TPSA) is 65.2 Å². The molecule has 0 N–H and O–H groups in total. The summed E-state index contributed by atoms with van der Waals surface area (Å²) in [6.45, 7) is 3.97. The van der Waals surface area contributed by atoms with Crippen LogP contribution >= 0.6 is 0 Å². The predicted molar refractivity (Wildman–Crippen MR) is 60.5 cm³/mol. The molecule has 0 saturated carbocycles. The molecule has 88 valence electrons. The molecular weight excluding hydrogens is 220 g/mol. The molecule has 0 radical (unpaired) electrons. The van der Waals surface area contributed by atoms with Crippen LogP contribution in [-0.4, -0.2) is 23.2 Å². The van der Waals surface area contributed by atoms with E-state index in [1.54, 1.807) is 0 Å². The lowest BCUT2D eigenvalue weighted by atomic mass is 10.0. The fourth-order valence-electron chi connectivity index (χ4n) is 1.50. The van der Waals surface area contributed by atoms with Gasteiger partial charge in [-0.3, -0.25) is 0 Å². The van der Waals surface area contributed by atoms with E-state index in [9.17, 15) is 4.79 Å². The lowest BCUT2D eigenvalue weighted by Crippen LogP contribution is -2.01. The number of esters is 1. The Morgan fingerprint density at radius 2 is 2.12 bits per heavy atom. The average molecular weight is 232 g/mol. The zero-order valence-corrected chi connectivity index (χ0v) is 9.85. The third-order valence-corrected chi connectivity index (χ3v) is 2.63. The molecule has 0 bridgehead atoms. The normalized spacial score (nSPS) is 10.3. The van der Waals surface area contributed by atoms with Gasteiger partial charge in [0.2, 0.25) is 5.82 Å². The summed E-state index contributed by atoms with van der Waals surface area (Å²) in [5, 5.41) is 3.77. The molecule has 1 aromatic carbocycles. The van der Waals surface area contributed by atoms with Crippen molar-refractivity contribution in [2.24, 2.45) is 0 Å². The van der Waals surface area contributed by atoms with Gasteiger partial charge >= 0.3 is 11.9 Å². The number of rotatable bonds is 2. The highest BCUT2D eigenvalue weighted by Gasteiger charge is 2.17. The number of aryl methyl sites for hydroxylation is 1. The summed E-state index contributed by atoms with van der Waals surface area (Å²) in [5.74, 6) is -0.371. The molecule has 0 aliphatic carbocycles. The summed E-state index contributed by atoms with van der Waals surface area (Å²) in [7, 11) is 1.27. The van der Waals surface area contributed by atoms with Crippen LogP contribution in [0.2, 0.25) is 0 Å². The summed E-state index contributed by atoms with van der Waals surface area (Å²) in [6.07, 6.45) is 0. The Kier molecular flexibility index (Phi) is 2.91. The summed E-state index contributed by atoms with van der Waals surface area (Å²) in [5.41, 5.74) is 3.04. The molecule has 2 rings (SSSR count). The lowest BCUT2D eigenvalue weighted by Gasteiger charge is -2.03. The highest BCUT2D eigenvalue weighted by atomic mass is 16.6. The molecule has 1 aromatic heterocycles. The molecule has 2 aromatic rings. The SMILES string of the molecule is COC(=O)c1nc(-c2cccc(C)c2C)no1. The van der Waals surface area contributed by atoms with Crippen LogP contribution in [0.25, 0.3) is 11.4 Å². The van der Waals surface area contributed by atoms with Gasteiger partial charge in [0, 0.05) is 5.56 Å². The van der Waals surface area contributed by atoms with E-state index in [0.717, 1.165) is 16.7 Å². The van der Waals surface area contributed by atoms with Crippen molar-refractivity contribution in [1.29, 1.82) is 0 Å². The van der Waals surface area contributed by atoms with Crippen LogP contribution < -0.4 is 0 Å². The van der Waals surface area contributed by atoms with Crippen molar-refractivity contribution >= 4 is 5.97 Å². The number of carbonyl (C=O) groups excluding carboxylic acids is 1. The maximum absolute atomic E-state index is 11.2. The quantitative estimate of drug-likeness (QED) is 0.742. The minimum atomic E-state index is -0.631. The molecule has 1 heterocycles. The molecule has 5 nitrogen and oxygen atoms in total. The fourth-order valence-corrected chi connectivity index (χ4v) is 1.50. The average Bonchev–Trinajstić information content (AvgIpc) is 2.81. The Balaban J connectivity index is 2.44. The summed E-state index contributed by atoms with van der Waals surface area (Å²) in [4.78, 5) is 15.2. The first kappa shape index (κ1) is 11.3. The summed E-state index contributed by atoms with van der Waals surface area (Å²) in [6, 6.07) is 5.79. The number of hydrogen-bond acceptors (Lipinski definition) is 5. The highest BCUT2D eigenvalue weighted by Crippen LogP contribution is 2.22. The highest BCUT2D eigenvalue weighted by molar-refractivity contribution is 5.84. The van der Waals surface area contributed by atoms with Crippen molar-refractivity contribution < 1.29 is 14.1 Å². The van der Waals surface area contributed by atoms with Crippen LogP contribution in [0.15, 0.2) is 22.7 Å². The molecule has 0 aliphatic heterocycles. The van der Waals surface area contributed by atoms with Gasteiger partial charge in [-0.15, -0.1) is 0 Å². The van der Waals surface area contributed by atoms with Crippen molar-refractivity contribution in [3.63, 3.8) is 0 Å². The zero-order valence-electron chi connectivity index (χ0n) is 9.85. The molecule has 0 spiro atoms. The second-order valence-electron chi connectivity index (χ2n) is 3.66. The number of carbonyl (C=O) groups is 1. The van der Waals surface area contributed by atoms with Gasteiger partial charge in [0.05, 0.1) is 7.11 Å².